The van der Waals surface area contributed by atoms with Crippen LogP contribution < -0.4 is 4.90 Å². The van der Waals surface area contributed by atoms with Crippen molar-refractivity contribution in [2.45, 2.75) is 0 Å². The number of hydrogen-bond donors (Lipinski definition) is 0. The third-order valence-electron chi connectivity index (χ3n) is 11.8. The summed E-state index contributed by atoms with van der Waals surface area (Å²) in [6.07, 6.45) is 0. The van der Waals surface area contributed by atoms with Crippen molar-refractivity contribution in [3.05, 3.63) is 243 Å². The normalized spacial score (nSPS) is 11.3. The summed E-state index contributed by atoms with van der Waals surface area (Å²) < 4.78 is 2.47. The Balaban J connectivity index is 1.14. The quantitative estimate of drug-likeness (QED) is 0.150. The zero-order valence-corrected chi connectivity index (χ0v) is 33.0. The molecule has 1 heterocycles. The van der Waals surface area contributed by atoms with Crippen LogP contribution in [0.1, 0.15) is 0 Å². The Kier molecular flexibility index (Phi) is 8.87. The first kappa shape index (κ1) is 35.2. The molecule has 0 N–H and O–H groups in total. The number of nitrogens with zero attached hydrogens (tertiary/aromatic N) is 2. The maximum atomic E-state index is 2.47. The molecule has 0 atom stereocenters. The van der Waals surface area contributed by atoms with Crippen LogP contribution >= 0.6 is 0 Å². The van der Waals surface area contributed by atoms with Gasteiger partial charge in [0.1, 0.15) is 0 Å². The van der Waals surface area contributed by atoms with Crippen LogP contribution in [0.3, 0.4) is 0 Å². The lowest BCUT2D eigenvalue weighted by Crippen LogP contribution is -2.11. The molecule has 60 heavy (non-hydrogen) atoms. The summed E-state index contributed by atoms with van der Waals surface area (Å²) in [7, 11) is 0. The van der Waals surface area contributed by atoms with E-state index in [1.807, 2.05) is 0 Å². The minimum Gasteiger partial charge on any atom is -0.310 e. The second-order valence-electron chi connectivity index (χ2n) is 15.3. The van der Waals surface area contributed by atoms with Gasteiger partial charge in [-0.1, -0.05) is 188 Å². The third kappa shape index (κ3) is 6.23. The summed E-state index contributed by atoms with van der Waals surface area (Å²) in [4.78, 5) is 2.42. The Bertz CT molecular complexity index is 3310. The van der Waals surface area contributed by atoms with Gasteiger partial charge in [-0.05, 0) is 98.8 Å². The maximum absolute atomic E-state index is 2.47. The standard InChI is InChI=1S/C58H40N2/c1-4-19-42(20-5-1)49-26-12-13-27-50(49)51-28-14-16-30-55(51)60-56-31-17-15-29-52(56)53-36-35-48(40-58(53)60)59(47-24-8-3-9-25-47)57-37-34-46(39-54(57)43-21-6-2-7-22-43)45-33-32-41-18-10-11-23-44(41)38-45/h1-40H. The average Bonchev–Trinajstić information content (AvgIpc) is 3.66. The number of rotatable bonds is 8. The number of anilines is 3. The lowest BCUT2D eigenvalue weighted by molar-refractivity contribution is 1.18. The van der Waals surface area contributed by atoms with Gasteiger partial charge in [-0.2, -0.15) is 0 Å². The van der Waals surface area contributed by atoms with Crippen molar-refractivity contribution in [2.75, 3.05) is 4.90 Å². The van der Waals surface area contributed by atoms with Crippen molar-refractivity contribution >= 4 is 49.6 Å². The average molecular weight is 765 g/mol. The van der Waals surface area contributed by atoms with Crippen molar-refractivity contribution < 1.29 is 0 Å². The largest absolute Gasteiger partial charge is 0.310 e. The van der Waals surface area contributed by atoms with Crippen LogP contribution in [0, 0.1) is 0 Å². The molecule has 0 bridgehead atoms. The molecule has 0 aliphatic heterocycles. The van der Waals surface area contributed by atoms with Gasteiger partial charge < -0.3 is 9.47 Å². The van der Waals surface area contributed by atoms with Crippen LogP contribution in [0.25, 0.3) is 82.8 Å². The van der Waals surface area contributed by atoms with Gasteiger partial charge in [0.2, 0.25) is 0 Å². The molecule has 0 fully saturated rings. The van der Waals surface area contributed by atoms with E-state index in [-0.39, 0.29) is 0 Å². The van der Waals surface area contributed by atoms with Crippen LogP contribution in [-0.4, -0.2) is 4.57 Å². The fourth-order valence-electron chi connectivity index (χ4n) is 8.97. The molecule has 0 saturated carbocycles. The maximum Gasteiger partial charge on any atom is 0.0562 e. The van der Waals surface area contributed by atoms with E-state index in [2.05, 4.69) is 252 Å². The fourth-order valence-corrected chi connectivity index (χ4v) is 8.97. The molecule has 11 rings (SSSR count). The molecule has 0 radical (unpaired) electrons. The number of para-hydroxylation sites is 3. The molecule has 0 unspecified atom stereocenters. The molecule has 2 nitrogen and oxygen atoms in total. The highest BCUT2D eigenvalue weighted by atomic mass is 15.1. The Morgan fingerprint density at radius 2 is 0.850 bits per heavy atom. The first-order chi connectivity index (χ1) is 29.8. The van der Waals surface area contributed by atoms with Crippen LogP contribution in [-0.2, 0) is 0 Å². The zero-order valence-electron chi connectivity index (χ0n) is 33.0. The summed E-state index contributed by atoms with van der Waals surface area (Å²) in [5.74, 6) is 0. The van der Waals surface area contributed by atoms with Crippen molar-refractivity contribution in [1.82, 2.24) is 4.57 Å². The Morgan fingerprint density at radius 3 is 1.63 bits per heavy atom. The monoisotopic (exact) mass is 764 g/mol. The van der Waals surface area contributed by atoms with Gasteiger partial charge in [0.25, 0.3) is 0 Å². The molecular weight excluding hydrogens is 725 g/mol. The lowest BCUT2D eigenvalue weighted by Gasteiger charge is -2.28. The predicted octanol–water partition coefficient (Wildman–Crippen LogP) is 16.1. The molecule has 11 aromatic rings. The van der Waals surface area contributed by atoms with Gasteiger partial charge in [-0.15, -0.1) is 0 Å². The van der Waals surface area contributed by atoms with Gasteiger partial charge >= 0.3 is 0 Å². The van der Waals surface area contributed by atoms with Gasteiger partial charge in [0.15, 0.2) is 0 Å². The van der Waals surface area contributed by atoms with Crippen molar-refractivity contribution in [3.8, 4) is 50.2 Å². The lowest BCUT2D eigenvalue weighted by atomic mass is 9.93. The molecule has 0 saturated heterocycles. The van der Waals surface area contributed by atoms with Crippen LogP contribution in [0.5, 0.6) is 0 Å². The summed E-state index contributed by atoms with van der Waals surface area (Å²) in [6.45, 7) is 0. The first-order valence-electron chi connectivity index (χ1n) is 20.6. The molecule has 282 valence electrons. The Labute approximate surface area is 350 Å². The Morgan fingerprint density at radius 1 is 0.283 bits per heavy atom. The van der Waals surface area contributed by atoms with E-state index >= 15 is 0 Å². The third-order valence-corrected chi connectivity index (χ3v) is 11.8. The number of hydrogen-bond acceptors (Lipinski definition) is 1. The van der Waals surface area contributed by atoms with Crippen molar-refractivity contribution in [3.63, 3.8) is 0 Å². The van der Waals surface area contributed by atoms with E-state index in [0.717, 1.165) is 39.4 Å². The highest BCUT2D eigenvalue weighted by Crippen LogP contribution is 2.45. The molecule has 0 aliphatic rings. The summed E-state index contributed by atoms with van der Waals surface area (Å²) in [5, 5.41) is 4.91. The number of aromatic nitrogens is 1. The second kappa shape index (κ2) is 15.1. The van der Waals surface area contributed by atoms with Crippen LogP contribution in [0.2, 0.25) is 0 Å². The highest BCUT2D eigenvalue weighted by Gasteiger charge is 2.22. The van der Waals surface area contributed by atoms with E-state index < -0.39 is 0 Å². The van der Waals surface area contributed by atoms with E-state index in [1.54, 1.807) is 0 Å². The summed E-state index contributed by atoms with van der Waals surface area (Å²) in [6, 6.07) is 88.0. The minimum absolute atomic E-state index is 1.08. The summed E-state index contributed by atoms with van der Waals surface area (Å²) >= 11 is 0. The van der Waals surface area contributed by atoms with E-state index in [0.29, 0.717) is 0 Å². The van der Waals surface area contributed by atoms with Crippen molar-refractivity contribution in [1.29, 1.82) is 0 Å². The predicted molar refractivity (Wildman–Crippen MR) is 255 cm³/mol. The zero-order chi connectivity index (χ0) is 39.8. The second-order valence-corrected chi connectivity index (χ2v) is 15.3. The number of benzene rings is 10. The van der Waals surface area contributed by atoms with E-state index in [9.17, 15) is 0 Å². The summed E-state index contributed by atoms with van der Waals surface area (Å²) in [5.41, 5.74) is 16.2. The van der Waals surface area contributed by atoms with E-state index in [4.69, 9.17) is 0 Å². The molecule has 0 aliphatic carbocycles. The smallest absolute Gasteiger partial charge is 0.0562 e. The molecule has 0 spiro atoms. The van der Waals surface area contributed by atoms with Gasteiger partial charge in [0.05, 0.1) is 22.4 Å². The first-order valence-corrected chi connectivity index (χ1v) is 20.6. The van der Waals surface area contributed by atoms with Gasteiger partial charge in [0, 0.05) is 33.3 Å². The van der Waals surface area contributed by atoms with E-state index in [1.165, 1.54) is 60.4 Å². The topological polar surface area (TPSA) is 8.17 Å². The fraction of sp³-hybridized carbons (Fsp3) is 0. The molecular formula is C58H40N2. The van der Waals surface area contributed by atoms with Gasteiger partial charge in [-0.25, -0.2) is 0 Å². The minimum atomic E-state index is 1.08. The van der Waals surface area contributed by atoms with Crippen LogP contribution in [0.4, 0.5) is 17.1 Å². The van der Waals surface area contributed by atoms with Crippen molar-refractivity contribution in [2.24, 2.45) is 0 Å². The van der Waals surface area contributed by atoms with Crippen LogP contribution in [0.15, 0.2) is 243 Å². The number of fused-ring (bicyclic) bond motifs is 4. The molecule has 10 aromatic carbocycles. The molecule has 1 aromatic heterocycles. The highest BCUT2D eigenvalue weighted by molar-refractivity contribution is 6.11. The SMILES string of the molecule is c1ccc(-c2ccccc2-c2ccccc2-n2c3ccccc3c3ccc(N(c4ccccc4)c4ccc(-c5ccc6ccccc6c5)cc4-c4ccccc4)cc32)cc1. The Hall–Kier alpha value is -7.94. The molecule has 0 amide bonds. The molecule has 2 heteroatoms. The van der Waals surface area contributed by atoms with Gasteiger partial charge in [-0.3, -0.25) is 0 Å².